The zero-order chi connectivity index (χ0) is 19.1. The maximum absolute atomic E-state index is 12.1. The van der Waals surface area contributed by atoms with Crippen LogP contribution in [-0.2, 0) is 4.79 Å². The molecule has 7 heteroatoms. The summed E-state index contributed by atoms with van der Waals surface area (Å²) >= 11 is 1.12. The van der Waals surface area contributed by atoms with E-state index >= 15 is 0 Å². The first kappa shape index (κ1) is 18.6. The third-order valence-corrected chi connectivity index (χ3v) is 4.47. The fourth-order valence-corrected chi connectivity index (χ4v) is 2.82. The van der Waals surface area contributed by atoms with E-state index in [1.165, 1.54) is 0 Å². The van der Waals surface area contributed by atoms with Gasteiger partial charge < -0.3 is 5.32 Å². The molecule has 2 N–H and O–H groups in total. The Morgan fingerprint density at radius 3 is 2.52 bits per heavy atom. The zero-order valence-electron chi connectivity index (χ0n) is 14.7. The summed E-state index contributed by atoms with van der Waals surface area (Å²) in [5.41, 5.74) is 2.68. The molecule has 0 spiro atoms. The number of carbonyl (C=O) groups excluding carboxylic acids is 1. The second kappa shape index (κ2) is 8.95. The first-order valence-corrected chi connectivity index (χ1v) is 9.28. The molecular formula is C20H18N4O2S. The summed E-state index contributed by atoms with van der Waals surface area (Å²) in [6, 6.07) is 17.1. The summed E-state index contributed by atoms with van der Waals surface area (Å²) in [6.45, 7) is 1.98. The van der Waals surface area contributed by atoms with Gasteiger partial charge in [0.25, 0.3) is 5.56 Å². The number of nitrogens with one attached hydrogen (secondary N) is 2. The Hall–Kier alpha value is -3.19. The lowest BCUT2D eigenvalue weighted by molar-refractivity contribution is -0.113. The van der Waals surface area contributed by atoms with Gasteiger partial charge in [-0.05, 0) is 30.7 Å². The van der Waals surface area contributed by atoms with Crippen molar-refractivity contribution in [3.63, 3.8) is 0 Å². The van der Waals surface area contributed by atoms with E-state index in [0.717, 1.165) is 28.6 Å². The largest absolute Gasteiger partial charge is 0.325 e. The molecular weight excluding hydrogens is 360 g/mol. The van der Waals surface area contributed by atoms with E-state index in [4.69, 9.17) is 0 Å². The van der Waals surface area contributed by atoms with Gasteiger partial charge in [0, 0.05) is 5.69 Å². The van der Waals surface area contributed by atoms with Crippen LogP contribution in [0.3, 0.4) is 0 Å². The third kappa shape index (κ3) is 5.65. The molecule has 0 atom stereocenters. The van der Waals surface area contributed by atoms with E-state index in [1.807, 2.05) is 61.5 Å². The number of H-pyrrole nitrogens is 1. The lowest BCUT2D eigenvalue weighted by Crippen LogP contribution is -2.17. The van der Waals surface area contributed by atoms with Crippen LogP contribution in [0.15, 0.2) is 64.5 Å². The molecule has 0 bridgehead atoms. The normalized spacial score (nSPS) is 10.9. The number of anilines is 1. The first-order chi connectivity index (χ1) is 13.1. The molecule has 3 rings (SSSR count). The molecule has 1 heterocycles. The van der Waals surface area contributed by atoms with Crippen molar-refractivity contribution in [1.82, 2.24) is 15.2 Å². The van der Waals surface area contributed by atoms with Crippen molar-refractivity contribution in [1.29, 1.82) is 0 Å². The van der Waals surface area contributed by atoms with Crippen molar-refractivity contribution in [2.24, 2.45) is 0 Å². The summed E-state index contributed by atoms with van der Waals surface area (Å²) in [4.78, 5) is 26.7. The van der Waals surface area contributed by atoms with E-state index in [0.29, 0.717) is 5.16 Å². The van der Waals surface area contributed by atoms with E-state index in [9.17, 15) is 9.59 Å². The van der Waals surface area contributed by atoms with Gasteiger partial charge in [0.05, 0.1) is 5.75 Å². The van der Waals surface area contributed by atoms with Crippen LogP contribution < -0.4 is 10.9 Å². The molecule has 27 heavy (non-hydrogen) atoms. The van der Waals surface area contributed by atoms with Crippen molar-refractivity contribution in [2.75, 3.05) is 11.1 Å². The van der Waals surface area contributed by atoms with Gasteiger partial charge in [0.15, 0.2) is 10.9 Å². The predicted molar refractivity (Wildman–Crippen MR) is 109 cm³/mol. The van der Waals surface area contributed by atoms with Crippen LogP contribution >= 0.6 is 11.8 Å². The van der Waals surface area contributed by atoms with E-state index in [2.05, 4.69) is 20.5 Å². The Morgan fingerprint density at radius 2 is 1.81 bits per heavy atom. The molecule has 0 radical (unpaired) electrons. The lowest BCUT2D eigenvalue weighted by atomic mass is 10.2. The van der Waals surface area contributed by atoms with Crippen molar-refractivity contribution >= 4 is 35.5 Å². The highest BCUT2D eigenvalue weighted by atomic mass is 32.2. The highest BCUT2D eigenvalue weighted by molar-refractivity contribution is 7.99. The summed E-state index contributed by atoms with van der Waals surface area (Å²) in [7, 11) is 0. The molecule has 1 amide bonds. The average Bonchev–Trinajstić information content (AvgIpc) is 2.68. The van der Waals surface area contributed by atoms with Gasteiger partial charge in [-0.1, -0.05) is 65.9 Å². The number of benzene rings is 2. The number of thioether (sulfide) groups is 1. The van der Waals surface area contributed by atoms with Crippen molar-refractivity contribution in [2.45, 2.75) is 12.1 Å². The Bertz CT molecular complexity index is 998. The van der Waals surface area contributed by atoms with Crippen LogP contribution in [0.1, 0.15) is 16.8 Å². The number of aromatic nitrogens is 3. The number of hydrogen-bond donors (Lipinski definition) is 2. The number of aryl methyl sites for hydroxylation is 1. The van der Waals surface area contributed by atoms with Gasteiger partial charge >= 0.3 is 0 Å². The molecule has 0 aliphatic heterocycles. The van der Waals surface area contributed by atoms with E-state index in [1.54, 1.807) is 12.2 Å². The summed E-state index contributed by atoms with van der Waals surface area (Å²) in [5.74, 6) is -0.0583. The number of amides is 1. The summed E-state index contributed by atoms with van der Waals surface area (Å²) < 4.78 is 0. The van der Waals surface area contributed by atoms with Gasteiger partial charge in [0.2, 0.25) is 5.91 Å². The first-order valence-electron chi connectivity index (χ1n) is 8.29. The van der Waals surface area contributed by atoms with Gasteiger partial charge in [-0.2, -0.15) is 0 Å². The van der Waals surface area contributed by atoms with Crippen LogP contribution in [0.4, 0.5) is 5.69 Å². The second-order valence-corrected chi connectivity index (χ2v) is 6.76. The topological polar surface area (TPSA) is 87.7 Å². The lowest BCUT2D eigenvalue weighted by Gasteiger charge is -2.05. The van der Waals surface area contributed by atoms with Gasteiger partial charge in [-0.3, -0.25) is 14.6 Å². The SMILES string of the molecule is Cc1ccc(NC(=O)CSc2nnc(/C=C/c3ccccc3)c(=O)[nH]2)cc1. The third-order valence-electron chi connectivity index (χ3n) is 3.61. The number of carbonyl (C=O) groups is 1. The smallest absolute Gasteiger partial charge is 0.277 e. The molecule has 2 aromatic carbocycles. The quantitative estimate of drug-likeness (QED) is 0.642. The maximum atomic E-state index is 12.1. The van der Waals surface area contributed by atoms with Crippen LogP contribution in [0.2, 0.25) is 0 Å². The van der Waals surface area contributed by atoms with Crippen molar-refractivity contribution < 1.29 is 4.79 Å². The van der Waals surface area contributed by atoms with Gasteiger partial charge in [-0.25, -0.2) is 0 Å². The number of rotatable bonds is 6. The summed E-state index contributed by atoms with van der Waals surface area (Å²) in [5, 5.41) is 11.0. The summed E-state index contributed by atoms with van der Waals surface area (Å²) in [6.07, 6.45) is 3.40. The minimum atomic E-state index is -0.348. The van der Waals surface area contributed by atoms with Crippen LogP contribution in [0, 0.1) is 6.92 Å². The number of hydrogen-bond acceptors (Lipinski definition) is 5. The Morgan fingerprint density at radius 1 is 1.07 bits per heavy atom. The van der Waals surface area contributed by atoms with Gasteiger partial charge in [0.1, 0.15) is 0 Å². The number of aromatic amines is 1. The highest BCUT2D eigenvalue weighted by Crippen LogP contribution is 2.13. The minimum absolute atomic E-state index is 0.123. The minimum Gasteiger partial charge on any atom is -0.325 e. The zero-order valence-corrected chi connectivity index (χ0v) is 15.5. The van der Waals surface area contributed by atoms with Gasteiger partial charge in [-0.15, -0.1) is 10.2 Å². The monoisotopic (exact) mass is 378 g/mol. The maximum Gasteiger partial charge on any atom is 0.277 e. The van der Waals surface area contributed by atoms with Crippen molar-refractivity contribution in [3.05, 3.63) is 81.8 Å². The average molecular weight is 378 g/mol. The Labute approximate surface area is 160 Å². The molecule has 0 fully saturated rings. The van der Waals surface area contributed by atoms with E-state index < -0.39 is 0 Å². The van der Waals surface area contributed by atoms with Crippen LogP contribution in [0.5, 0.6) is 0 Å². The molecule has 6 nitrogen and oxygen atoms in total. The Balaban J connectivity index is 1.57. The fourth-order valence-electron chi connectivity index (χ4n) is 2.21. The van der Waals surface area contributed by atoms with Crippen molar-refractivity contribution in [3.8, 4) is 0 Å². The standard InChI is InChI=1S/C20H18N4O2S/c1-14-7-10-16(11-8-14)21-18(25)13-27-20-22-19(26)17(23-24-20)12-9-15-5-3-2-4-6-15/h2-12H,13H2,1H3,(H,21,25)(H,22,24,26)/b12-9+. The fraction of sp³-hybridized carbons (Fsp3) is 0.100. The predicted octanol–water partition coefficient (Wildman–Crippen LogP) is 3.37. The molecule has 0 unspecified atom stereocenters. The highest BCUT2D eigenvalue weighted by Gasteiger charge is 2.07. The molecule has 0 saturated carbocycles. The molecule has 3 aromatic rings. The molecule has 136 valence electrons. The molecule has 0 aliphatic carbocycles. The Kier molecular flexibility index (Phi) is 6.17. The molecule has 1 aromatic heterocycles. The molecule has 0 saturated heterocycles. The van der Waals surface area contributed by atoms with E-state index in [-0.39, 0.29) is 22.9 Å². The number of nitrogens with zero attached hydrogens (tertiary/aromatic N) is 2. The van der Waals surface area contributed by atoms with Crippen LogP contribution in [-0.4, -0.2) is 26.8 Å². The second-order valence-electron chi connectivity index (χ2n) is 5.79. The molecule has 0 aliphatic rings. The van der Waals surface area contributed by atoms with Crippen LogP contribution in [0.25, 0.3) is 12.2 Å².